The van der Waals surface area contributed by atoms with E-state index in [-0.39, 0.29) is 18.8 Å². The van der Waals surface area contributed by atoms with Crippen LogP contribution < -0.4 is 5.32 Å². The molecule has 0 aliphatic carbocycles. The fraction of sp³-hybridized carbons (Fsp3) is 0.333. The molecule has 0 radical (unpaired) electrons. The number of carbonyl (C=O) groups is 1. The van der Waals surface area contributed by atoms with Crippen LogP contribution in [0.15, 0.2) is 52.8 Å². The number of carbonyl (C=O) groups excluding carboxylic acids is 1. The third-order valence-electron chi connectivity index (χ3n) is 3.55. The summed E-state index contributed by atoms with van der Waals surface area (Å²) in [7, 11) is 0. The second-order valence-corrected chi connectivity index (χ2v) is 6.03. The monoisotopic (exact) mass is 414 g/mol. The van der Waals surface area contributed by atoms with Crippen molar-refractivity contribution in [2.45, 2.75) is 25.7 Å². The molecule has 0 aliphatic heterocycles. The van der Waals surface area contributed by atoms with E-state index in [0.29, 0.717) is 11.8 Å². The molecule has 1 aromatic heterocycles. The maximum atomic E-state index is 12.6. The molecule has 1 atom stereocenters. The Morgan fingerprint density at radius 1 is 1.25 bits per heavy atom. The summed E-state index contributed by atoms with van der Waals surface area (Å²) in [5.74, 6) is -0.431. The first-order chi connectivity index (χ1) is 13.3. The molecule has 0 fully saturated rings. The Labute approximate surface area is 164 Å². The lowest BCUT2D eigenvalue weighted by atomic mass is 10.2. The number of halogens is 4. The molecular weight excluding hydrogens is 397 g/mol. The summed E-state index contributed by atoms with van der Waals surface area (Å²) in [6, 6.07) is 6.55. The van der Waals surface area contributed by atoms with Gasteiger partial charge in [0, 0.05) is 19.3 Å². The maximum absolute atomic E-state index is 12.6. The molecule has 28 heavy (non-hydrogen) atoms. The minimum Gasteiger partial charge on any atom is -0.379 e. The van der Waals surface area contributed by atoms with Gasteiger partial charge in [-0.15, -0.1) is 0 Å². The molecule has 6 nitrogen and oxygen atoms in total. The molecule has 1 aromatic carbocycles. The van der Waals surface area contributed by atoms with Gasteiger partial charge in [0.1, 0.15) is 5.15 Å². The fourth-order valence-corrected chi connectivity index (χ4v) is 2.17. The predicted molar refractivity (Wildman–Crippen MR) is 97.3 cm³/mol. The summed E-state index contributed by atoms with van der Waals surface area (Å²) in [5, 5.41) is 10.8. The van der Waals surface area contributed by atoms with Crippen LogP contribution in [0.4, 0.5) is 18.9 Å². The summed E-state index contributed by atoms with van der Waals surface area (Å²) in [5.41, 5.74) is 0.156. The zero-order chi connectivity index (χ0) is 20.6. The average Bonchev–Trinajstić information content (AvgIpc) is 2.67. The zero-order valence-electron chi connectivity index (χ0n) is 14.9. The largest absolute Gasteiger partial charge is 0.416 e. The van der Waals surface area contributed by atoms with Gasteiger partial charge in [-0.2, -0.15) is 23.4 Å². The van der Waals surface area contributed by atoms with Crippen molar-refractivity contribution >= 4 is 23.2 Å². The Morgan fingerprint density at radius 3 is 2.54 bits per heavy atom. The van der Waals surface area contributed by atoms with E-state index in [0.717, 1.165) is 17.7 Å². The van der Waals surface area contributed by atoms with Crippen molar-refractivity contribution in [2.24, 2.45) is 10.2 Å². The van der Waals surface area contributed by atoms with Crippen molar-refractivity contribution < 1.29 is 22.7 Å². The Balaban J connectivity index is 2.01. The smallest absolute Gasteiger partial charge is 0.379 e. The first kappa shape index (κ1) is 21.8. The first-order valence-electron chi connectivity index (χ1n) is 8.33. The Kier molecular flexibility index (Phi) is 7.89. The molecule has 1 amide bonds. The van der Waals surface area contributed by atoms with Gasteiger partial charge in [0.05, 0.1) is 17.9 Å². The molecule has 0 spiro atoms. The van der Waals surface area contributed by atoms with E-state index in [1.54, 1.807) is 19.1 Å². The van der Waals surface area contributed by atoms with Crippen LogP contribution >= 0.6 is 11.6 Å². The average molecular weight is 415 g/mol. The predicted octanol–water partition coefficient (Wildman–Crippen LogP) is 4.56. The Hall–Kier alpha value is -2.52. The van der Waals surface area contributed by atoms with E-state index < -0.39 is 23.7 Å². The quantitative estimate of drug-likeness (QED) is 0.508. The number of rotatable bonds is 8. The molecule has 1 heterocycles. The van der Waals surface area contributed by atoms with Crippen molar-refractivity contribution in [1.29, 1.82) is 0 Å². The number of alkyl halides is 3. The summed E-state index contributed by atoms with van der Waals surface area (Å²) in [6.07, 6.45) is -2.90. The molecular formula is C18H18ClF3N4O2. The standard InChI is InChI=1S/C18H18ClF3N4O2/c1-2-28-11-15(17(27)24-10-12-3-8-16(19)23-9-12)26-25-14-6-4-13(5-7-14)18(20,21)22/h3-9,15H,2,10-11H2,1H3,(H,24,27). The lowest BCUT2D eigenvalue weighted by molar-refractivity contribution is -0.137. The minimum atomic E-state index is -4.43. The maximum Gasteiger partial charge on any atom is 0.416 e. The molecule has 150 valence electrons. The van der Waals surface area contributed by atoms with Crippen LogP contribution in [0.2, 0.25) is 5.15 Å². The van der Waals surface area contributed by atoms with E-state index >= 15 is 0 Å². The minimum absolute atomic E-state index is 0.00860. The van der Waals surface area contributed by atoms with E-state index in [2.05, 4.69) is 20.5 Å². The number of azo groups is 1. The van der Waals surface area contributed by atoms with Crippen LogP contribution in [0.25, 0.3) is 0 Å². The zero-order valence-corrected chi connectivity index (χ0v) is 15.7. The lowest BCUT2D eigenvalue weighted by Crippen LogP contribution is -2.36. The number of nitrogens with one attached hydrogen (secondary N) is 1. The number of pyridine rings is 1. The number of amides is 1. The molecule has 0 saturated carbocycles. The molecule has 0 saturated heterocycles. The van der Waals surface area contributed by atoms with Gasteiger partial charge in [0.2, 0.25) is 5.91 Å². The normalized spacial score (nSPS) is 12.9. The molecule has 2 rings (SSSR count). The van der Waals surface area contributed by atoms with Gasteiger partial charge in [-0.05, 0) is 42.8 Å². The van der Waals surface area contributed by atoms with Crippen LogP contribution in [-0.2, 0) is 22.3 Å². The highest BCUT2D eigenvalue weighted by molar-refractivity contribution is 6.29. The topological polar surface area (TPSA) is 75.9 Å². The summed E-state index contributed by atoms with van der Waals surface area (Å²) in [6.45, 7) is 2.34. The number of hydrogen-bond donors (Lipinski definition) is 1. The van der Waals surface area contributed by atoms with Gasteiger partial charge in [-0.1, -0.05) is 17.7 Å². The van der Waals surface area contributed by atoms with E-state index in [1.165, 1.54) is 18.3 Å². The highest BCUT2D eigenvalue weighted by Gasteiger charge is 2.30. The molecule has 2 aromatic rings. The molecule has 1 N–H and O–H groups in total. The first-order valence-corrected chi connectivity index (χ1v) is 8.71. The Morgan fingerprint density at radius 2 is 1.96 bits per heavy atom. The highest BCUT2D eigenvalue weighted by atomic mass is 35.5. The molecule has 0 bridgehead atoms. The number of nitrogens with zero attached hydrogens (tertiary/aromatic N) is 3. The van der Waals surface area contributed by atoms with Crippen LogP contribution in [0.1, 0.15) is 18.1 Å². The summed E-state index contributed by atoms with van der Waals surface area (Å²) < 4.78 is 43.0. The van der Waals surface area contributed by atoms with Gasteiger partial charge in [-0.3, -0.25) is 4.79 Å². The van der Waals surface area contributed by atoms with Crippen molar-refractivity contribution in [3.63, 3.8) is 0 Å². The third-order valence-corrected chi connectivity index (χ3v) is 3.77. The summed E-state index contributed by atoms with van der Waals surface area (Å²) in [4.78, 5) is 16.3. The summed E-state index contributed by atoms with van der Waals surface area (Å²) >= 11 is 5.71. The third kappa shape index (κ3) is 6.90. The van der Waals surface area contributed by atoms with E-state index in [9.17, 15) is 18.0 Å². The lowest BCUT2D eigenvalue weighted by Gasteiger charge is -2.12. The van der Waals surface area contributed by atoms with Crippen molar-refractivity contribution in [3.05, 3.63) is 58.9 Å². The van der Waals surface area contributed by atoms with Gasteiger partial charge >= 0.3 is 6.18 Å². The number of hydrogen-bond acceptors (Lipinski definition) is 5. The SMILES string of the molecule is CCOCC(N=Nc1ccc(C(F)(F)F)cc1)C(=O)NCc1ccc(Cl)nc1. The van der Waals surface area contributed by atoms with Crippen LogP contribution in [0, 0.1) is 0 Å². The number of aromatic nitrogens is 1. The number of benzene rings is 1. The second kappa shape index (κ2) is 10.1. The highest BCUT2D eigenvalue weighted by Crippen LogP contribution is 2.30. The van der Waals surface area contributed by atoms with Crippen LogP contribution in [0.5, 0.6) is 0 Å². The molecule has 10 heteroatoms. The fourth-order valence-electron chi connectivity index (χ4n) is 2.06. The second-order valence-electron chi connectivity index (χ2n) is 5.64. The number of ether oxygens (including phenoxy) is 1. The van der Waals surface area contributed by atoms with Crippen molar-refractivity contribution in [1.82, 2.24) is 10.3 Å². The van der Waals surface area contributed by atoms with Gasteiger partial charge in [-0.25, -0.2) is 4.98 Å². The molecule has 1 unspecified atom stereocenters. The van der Waals surface area contributed by atoms with Gasteiger partial charge < -0.3 is 10.1 Å². The van der Waals surface area contributed by atoms with E-state index in [1.807, 2.05) is 0 Å². The van der Waals surface area contributed by atoms with Crippen LogP contribution in [0.3, 0.4) is 0 Å². The van der Waals surface area contributed by atoms with E-state index in [4.69, 9.17) is 16.3 Å². The van der Waals surface area contributed by atoms with Crippen molar-refractivity contribution in [2.75, 3.05) is 13.2 Å². The molecule has 0 aliphatic rings. The van der Waals surface area contributed by atoms with Crippen LogP contribution in [-0.4, -0.2) is 30.1 Å². The Bertz CT molecular complexity index is 796. The van der Waals surface area contributed by atoms with Crippen molar-refractivity contribution in [3.8, 4) is 0 Å². The van der Waals surface area contributed by atoms with Gasteiger partial charge in [0.15, 0.2) is 6.04 Å². The van der Waals surface area contributed by atoms with Gasteiger partial charge in [0.25, 0.3) is 0 Å².